The van der Waals surface area contributed by atoms with Gasteiger partial charge in [-0.15, -0.1) is 0 Å². The average molecular weight is 325 g/mol. The van der Waals surface area contributed by atoms with Crippen LogP contribution in [0.2, 0.25) is 0 Å². The van der Waals surface area contributed by atoms with Gasteiger partial charge in [0, 0.05) is 9.37 Å². The summed E-state index contributed by atoms with van der Waals surface area (Å²) in [5.41, 5.74) is 0.888. The van der Waals surface area contributed by atoms with Gasteiger partial charge in [-0.25, -0.2) is 0 Å². The number of halogens is 1. The number of aliphatic hydroxyl groups is 1. The van der Waals surface area contributed by atoms with E-state index in [-0.39, 0.29) is 6.61 Å². The van der Waals surface area contributed by atoms with E-state index in [2.05, 4.69) is 15.9 Å². The van der Waals surface area contributed by atoms with E-state index in [9.17, 15) is 0 Å². The van der Waals surface area contributed by atoms with Crippen LogP contribution >= 0.6 is 27.7 Å². The van der Waals surface area contributed by atoms with Crippen LogP contribution in [0.4, 0.5) is 0 Å². The van der Waals surface area contributed by atoms with Gasteiger partial charge < -0.3 is 9.84 Å². The lowest BCUT2D eigenvalue weighted by molar-refractivity contribution is 0.281. The van der Waals surface area contributed by atoms with Crippen molar-refractivity contribution < 1.29 is 9.84 Å². The fraction of sp³-hybridized carbons (Fsp3) is 0.143. The third-order valence-corrected chi connectivity index (χ3v) is 4.28. The van der Waals surface area contributed by atoms with E-state index in [1.54, 1.807) is 18.9 Å². The lowest BCUT2D eigenvalue weighted by Gasteiger charge is -2.09. The van der Waals surface area contributed by atoms with Crippen LogP contribution in [0.1, 0.15) is 5.56 Å². The molecule has 0 amide bonds. The minimum atomic E-state index is 0.0419. The second kappa shape index (κ2) is 6.27. The molecule has 94 valence electrons. The zero-order valence-electron chi connectivity index (χ0n) is 9.89. The fourth-order valence-electron chi connectivity index (χ4n) is 1.55. The van der Waals surface area contributed by atoms with Gasteiger partial charge in [-0.3, -0.25) is 0 Å². The number of hydrogen-bond acceptors (Lipinski definition) is 3. The fourth-order valence-corrected chi connectivity index (χ4v) is 3.17. The quantitative estimate of drug-likeness (QED) is 0.918. The summed E-state index contributed by atoms with van der Waals surface area (Å²) >= 11 is 5.09. The molecule has 0 fully saturated rings. The Bertz CT molecular complexity index is 543. The van der Waals surface area contributed by atoms with Gasteiger partial charge in [0.15, 0.2) is 0 Å². The van der Waals surface area contributed by atoms with E-state index in [0.29, 0.717) is 0 Å². The molecule has 0 spiro atoms. The zero-order chi connectivity index (χ0) is 13.0. The molecule has 0 atom stereocenters. The topological polar surface area (TPSA) is 29.5 Å². The third-order valence-electron chi connectivity index (χ3n) is 2.49. The first-order chi connectivity index (χ1) is 8.74. The molecule has 2 nitrogen and oxygen atoms in total. The van der Waals surface area contributed by atoms with E-state index >= 15 is 0 Å². The first-order valence-corrected chi connectivity index (χ1v) is 7.05. The van der Waals surface area contributed by atoms with Crippen molar-refractivity contribution >= 4 is 27.7 Å². The Morgan fingerprint density at radius 2 is 2.00 bits per heavy atom. The number of rotatable bonds is 4. The largest absolute Gasteiger partial charge is 0.496 e. The molecular formula is C14H13BrO2S. The van der Waals surface area contributed by atoms with E-state index in [4.69, 9.17) is 9.84 Å². The van der Waals surface area contributed by atoms with Gasteiger partial charge in [-0.05, 0) is 29.8 Å². The van der Waals surface area contributed by atoms with Crippen molar-refractivity contribution in [3.8, 4) is 5.75 Å². The molecule has 18 heavy (non-hydrogen) atoms. The number of methoxy groups -OCH3 is 1. The number of benzene rings is 2. The standard InChI is InChI=1S/C14H13BrO2S/c1-17-13-4-2-3-5-14(13)18-11-7-6-10(9-16)12(15)8-11/h2-8,16H,9H2,1H3. The summed E-state index contributed by atoms with van der Waals surface area (Å²) in [7, 11) is 1.67. The first kappa shape index (κ1) is 13.5. The van der Waals surface area contributed by atoms with E-state index < -0.39 is 0 Å². The van der Waals surface area contributed by atoms with Crippen LogP contribution in [-0.2, 0) is 6.61 Å². The molecule has 0 heterocycles. The Labute approximate surface area is 119 Å². The van der Waals surface area contributed by atoms with Gasteiger partial charge in [0.1, 0.15) is 5.75 Å². The minimum absolute atomic E-state index is 0.0419. The smallest absolute Gasteiger partial charge is 0.132 e. The van der Waals surface area contributed by atoms with Crippen molar-refractivity contribution in [2.24, 2.45) is 0 Å². The summed E-state index contributed by atoms with van der Waals surface area (Å²) in [6.07, 6.45) is 0. The molecule has 0 aliphatic carbocycles. The Morgan fingerprint density at radius 1 is 1.22 bits per heavy atom. The molecule has 0 bridgehead atoms. The summed E-state index contributed by atoms with van der Waals surface area (Å²) in [5.74, 6) is 0.866. The highest BCUT2D eigenvalue weighted by atomic mass is 79.9. The average Bonchev–Trinajstić information content (AvgIpc) is 2.39. The van der Waals surface area contributed by atoms with Crippen molar-refractivity contribution in [2.45, 2.75) is 16.4 Å². The number of hydrogen-bond donors (Lipinski definition) is 1. The molecule has 0 aliphatic rings. The highest BCUT2D eigenvalue weighted by molar-refractivity contribution is 9.10. The normalized spacial score (nSPS) is 10.4. The maximum Gasteiger partial charge on any atom is 0.132 e. The predicted octanol–water partition coefficient (Wildman–Crippen LogP) is 4.10. The van der Waals surface area contributed by atoms with Crippen LogP contribution in [0.3, 0.4) is 0 Å². The van der Waals surface area contributed by atoms with E-state index in [1.165, 1.54) is 0 Å². The first-order valence-electron chi connectivity index (χ1n) is 5.44. The second-order valence-corrected chi connectivity index (χ2v) is 5.63. The number of para-hydroxylation sites is 1. The van der Waals surface area contributed by atoms with Crippen molar-refractivity contribution in [1.29, 1.82) is 0 Å². The van der Waals surface area contributed by atoms with E-state index in [1.807, 2.05) is 42.5 Å². The molecule has 2 rings (SSSR count). The lowest BCUT2D eigenvalue weighted by atomic mass is 10.2. The summed E-state index contributed by atoms with van der Waals surface area (Å²) < 4.78 is 6.24. The maximum absolute atomic E-state index is 9.12. The number of aliphatic hydroxyl groups excluding tert-OH is 1. The van der Waals surface area contributed by atoms with E-state index in [0.717, 1.165) is 25.6 Å². The van der Waals surface area contributed by atoms with Crippen molar-refractivity contribution in [2.75, 3.05) is 7.11 Å². The molecule has 2 aromatic rings. The number of ether oxygens (including phenoxy) is 1. The molecule has 0 aliphatic heterocycles. The highest BCUT2D eigenvalue weighted by Gasteiger charge is 2.06. The van der Waals surface area contributed by atoms with Gasteiger partial charge >= 0.3 is 0 Å². The van der Waals surface area contributed by atoms with Crippen LogP contribution in [0.15, 0.2) is 56.7 Å². The molecule has 0 saturated heterocycles. The van der Waals surface area contributed by atoms with Gasteiger partial charge in [-0.2, -0.15) is 0 Å². The molecule has 0 radical (unpaired) electrons. The SMILES string of the molecule is COc1ccccc1Sc1ccc(CO)c(Br)c1. The monoisotopic (exact) mass is 324 g/mol. The van der Waals surface area contributed by atoms with Gasteiger partial charge in [0.25, 0.3) is 0 Å². The lowest BCUT2D eigenvalue weighted by Crippen LogP contribution is -1.87. The van der Waals surface area contributed by atoms with Crippen molar-refractivity contribution in [3.63, 3.8) is 0 Å². The van der Waals surface area contributed by atoms with Crippen LogP contribution < -0.4 is 4.74 Å². The molecule has 0 saturated carbocycles. The second-order valence-electron chi connectivity index (χ2n) is 3.66. The minimum Gasteiger partial charge on any atom is -0.496 e. The van der Waals surface area contributed by atoms with Crippen molar-refractivity contribution in [3.05, 3.63) is 52.5 Å². The van der Waals surface area contributed by atoms with Crippen molar-refractivity contribution in [1.82, 2.24) is 0 Å². The van der Waals surface area contributed by atoms with Crippen LogP contribution in [0, 0.1) is 0 Å². The Hall–Kier alpha value is -0.970. The molecule has 1 N–H and O–H groups in total. The van der Waals surface area contributed by atoms with Gasteiger partial charge in [-0.1, -0.05) is 45.9 Å². The summed E-state index contributed by atoms with van der Waals surface area (Å²) in [4.78, 5) is 2.17. The molecular weight excluding hydrogens is 312 g/mol. The van der Waals surface area contributed by atoms with Gasteiger partial charge in [0.2, 0.25) is 0 Å². The maximum atomic E-state index is 9.12. The zero-order valence-corrected chi connectivity index (χ0v) is 12.3. The van der Waals surface area contributed by atoms with Crippen LogP contribution in [0.25, 0.3) is 0 Å². The molecule has 2 aromatic carbocycles. The predicted molar refractivity (Wildman–Crippen MR) is 77.2 cm³/mol. The Balaban J connectivity index is 2.26. The molecule has 0 unspecified atom stereocenters. The molecule has 0 aromatic heterocycles. The summed E-state index contributed by atoms with van der Waals surface area (Å²) in [6.45, 7) is 0.0419. The Kier molecular flexibility index (Phi) is 4.69. The summed E-state index contributed by atoms with van der Waals surface area (Å²) in [5, 5.41) is 9.12. The third kappa shape index (κ3) is 3.07. The highest BCUT2D eigenvalue weighted by Crippen LogP contribution is 2.36. The summed E-state index contributed by atoms with van der Waals surface area (Å²) in [6, 6.07) is 13.8. The van der Waals surface area contributed by atoms with Gasteiger partial charge in [0.05, 0.1) is 18.6 Å². The van der Waals surface area contributed by atoms with Crippen LogP contribution in [-0.4, -0.2) is 12.2 Å². The van der Waals surface area contributed by atoms with Crippen LogP contribution in [0.5, 0.6) is 5.75 Å². The Morgan fingerprint density at radius 3 is 2.67 bits per heavy atom. The molecule has 4 heteroatoms.